The highest BCUT2D eigenvalue weighted by molar-refractivity contribution is 14.0. The number of hydrogen-bond donors (Lipinski definition) is 1. The van der Waals surface area contributed by atoms with Gasteiger partial charge in [0.05, 0.1) is 5.75 Å². The van der Waals surface area contributed by atoms with E-state index in [9.17, 15) is 8.42 Å². The second-order valence-corrected chi connectivity index (χ2v) is 11.5. The Hall–Kier alpha value is -0.480. The van der Waals surface area contributed by atoms with Crippen molar-refractivity contribution in [3.63, 3.8) is 0 Å². The van der Waals surface area contributed by atoms with Gasteiger partial charge in [0.2, 0.25) is 0 Å². The molecule has 1 spiro atoms. The summed E-state index contributed by atoms with van der Waals surface area (Å²) < 4.78 is 23.2. The molecule has 1 N–H and O–H groups in total. The number of halogens is 1. The lowest BCUT2D eigenvalue weighted by Gasteiger charge is -2.45. The fraction of sp³-hybridized carbons (Fsp3) is 0.650. The van der Waals surface area contributed by atoms with E-state index in [1.54, 1.807) is 0 Å². The zero-order valence-electron chi connectivity index (χ0n) is 16.8. The minimum atomic E-state index is -2.99. The number of hydrogen-bond acceptors (Lipinski definition) is 4. The van der Waals surface area contributed by atoms with Crippen LogP contribution in [0.15, 0.2) is 29.3 Å². The molecular formula is C20H32IN3O2S2. The van der Waals surface area contributed by atoms with Crippen LogP contribution in [0.1, 0.15) is 43.2 Å². The number of aliphatic imine (C=N–C) groups is 1. The zero-order chi connectivity index (χ0) is 19.3. The summed E-state index contributed by atoms with van der Waals surface area (Å²) in [6.07, 6.45) is 8.01. The predicted octanol–water partition coefficient (Wildman–Crippen LogP) is 3.68. The van der Waals surface area contributed by atoms with Crippen molar-refractivity contribution in [2.24, 2.45) is 4.99 Å². The third-order valence-corrected chi connectivity index (χ3v) is 7.82. The largest absolute Gasteiger partial charge is 0.352 e. The molecule has 3 rings (SSSR count). The highest BCUT2D eigenvalue weighted by Gasteiger charge is 2.38. The van der Waals surface area contributed by atoms with E-state index >= 15 is 0 Å². The molecule has 0 aromatic heterocycles. The summed E-state index contributed by atoms with van der Waals surface area (Å²) in [7, 11) is -1.14. The highest BCUT2D eigenvalue weighted by Crippen LogP contribution is 2.42. The second-order valence-electron chi connectivity index (χ2n) is 7.80. The number of sulfone groups is 1. The molecular weight excluding hydrogens is 505 g/mol. The van der Waals surface area contributed by atoms with Crippen molar-refractivity contribution in [2.45, 2.75) is 49.1 Å². The van der Waals surface area contributed by atoms with E-state index in [2.05, 4.69) is 27.0 Å². The van der Waals surface area contributed by atoms with Gasteiger partial charge in [-0.25, -0.2) is 8.42 Å². The molecule has 0 amide bonds. The average molecular weight is 538 g/mol. The van der Waals surface area contributed by atoms with Crippen LogP contribution in [0.2, 0.25) is 0 Å². The first-order valence-corrected chi connectivity index (χ1v) is 12.8. The molecule has 158 valence electrons. The summed E-state index contributed by atoms with van der Waals surface area (Å²) in [5.74, 6) is 2.23. The summed E-state index contributed by atoms with van der Waals surface area (Å²) in [6, 6.07) is 7.79. The third kappa shape index (κ3) is 6.79. The molecule has 2 aliphatic rings. The first-order valence-electron chi connectivity index (χ1n) is 9.74. The van der Waals surface area contributed by atoms with Crippen LogP contribution in [0.4, 0.5) is 0 Å². The van der Waals surface area contributed by atoms with Gasteiger partial charge in [-0.3, -0.25) is 4.99 Å². The SMILES string of the molecule is CN=C(NCc1ccc(CS(C)(=O)=O)cc1)N1CCSC2(CCCCC2)C1.I. The monoisotopic (exact) mass is 537 g/mol. The van der Waals surface area contributed by atoms with Crippen molar-refractivity contribution in [2.75, 3.05) is 32.1 Å². The van der Waals surface area contributed by atoms with E-state index in [0.29, 0.717) is 11.3 Å². The summed E-state index contributed by atoms with van der Waals surface area (Å²) in [6.45, 7) is 2.83. The molecule has 5 nitrogen and oxygen atoms in total. The number of rotatable bonds is 4. The number of benzene rings is 1. The smallest absolute Gasteiger partial charge is 0.193 e. The van der Waals surface area contributed by atoms with Crippen LogP contribution in [-0.2, 0) is 22.1 Å². The Labute approximate surface area is 191 Å². The van der Waals surface area contributed by atoms with Gasteiger partial charge in [0.1, 0.15) is 0 Å². The van der Waals surface area contributed by atoms with Gasteiger partial charge in [0.25, 0.3) is 0 Å². The van der Waals surface area contributed by atoms with Crippen molar-refractivity contribution in [1.29, 1.82) is 0 Å². The van der Waals surface area contributed by atoms with Gasteiger partial charge >= 0.3 is 0 Å². The molecule has 0 unspecified atom stereocenters. The molecule has 1 aliphatic carbocycles. The van der Waals surface area contributed by atoms with E-state index in [0.717, 1.165) is 30.2 Å². The Bertz CT molecular complexity index is 755. The quantitative estimate of drug-likeness (QED) is 0.361. The van der Waals surface area contributed by atoms with Crippen LogP contribution in [0, 0.1) is 0 Å². The first kappa shape index (κ1) is 23.8. The molecule has 1 saturated carbocycles. The maximum absolute atomic E-state index is 11.4. The van der Waals surface area contributed by atoms with Crippen LogP contribution < -0.4 is 5.32 Å². The van der Waals surface area contributed by atoms with Gasteiger partial charge in [-0.05, 0) is 24.0 Å². The Balaban J connectivity index is 0.00000280. The number of nitrogens with zero attached hydrogens (tertiary/aromatic N) is 2. The molecule has 1 saturated heterocycles. The van der Waals surface area contributed by atoms with Crippen molar-refractivity contribution < 1.29 is 8.42 Å². The van der Waals surface area contributed by atoms with Crippen LogP contribution in [-0.4, -0.2) is 56.2 Å². The normalized spacial score (nSPS) is 19.9. The molecule has 8 heteroatoms. The molecule has 1 aliphatic heterocycles. The summed E-state index contributed by atoms with van der Waals surface area (Å²) in [4.78, 5) is 6.93. The number of thioether (sulfide) groups is 1. The maximum atomic E-state index is 11.4. The third-order valence-electron chi connectivity index (χ3n) is 5.43. The van der Waals surface area contributed by atoms with E-state index < -0.39 is 9.84 Å². The van der Waals surface area contributed by atoms with Crippen molar-refractivity contribution in [3.8, 4) is 0 Å². The van der Waals surface area contributed by atoms with E-state index in [-0.39, 0.29) is 29.7 Å². The van der Waals surface area contributed by atoms with E-state index in [4.69, 9.17) is 0 Å². The lowest BCUT2D eigenvalue weighted by Crippen LogP contribution is -2.53. The number of guanidine groups is 1. The average Bonchev–Trinajstić information content (AvgIpc) is 2.63. The zero-order valence-corrected chi connectivity index (χ0v) is 20.8. The van der Waals surface area contributed by atoms with E-state index in [1.807, 2.05) is 31.3 Å². The molecule has 0 bridgehead atoms. The summed E-state index contributed by atoms with van der Waals surface area (Å²) in [5.41, 5.74) is 1.96. The fourth-order valence-corrected chi connectivity index (χ4v) is 6.46. The van der Waals surface area contributed by atoms with Gasteiger partial charge in [-0.2, -0.15) is 11.8 Å². The van der Waals surface area contributed by atoms with Crippen LogP contribution in [0.3, 0.4) is 0 Å². The van der Waals surface area contributed by atoms with Gasteiger partial charge < -0.3 is 10.2 Å². The standard InChI is InChI=1S/C20H31N3O2S2.HI/c1-21-19(23-12-13-26-20(16-23)10-4-3-5-11-20)22-14-17-6-8-18(9-7-17)15-27(2,24)25;/h6-9H,3-5,10-16H2,1-2H3,(H,21,22);1H. The van der Waals surface area contributed by atoms with Gasteiger partial charge in [-0.1, -0.05) is 43.5 Å². The van der Waals surface area contributed by atoms with Gasteiger partial charge in [0, 0.05) is 43.4 Å². The Kier molecular flexibility index (Phi) is 8.94. The van der Waals surface area contributed by atoms with Gasteiger partial charge in [0.15, 0.2) is 15.8 Å². The minimum absolute atomic E-state index is 0. The lowest BCUT2D eigenvalue weighted by molar-refractivity contribution is 0.293. The predicted molar refractivity (Wildman–Crippen MR) is 130 cm³/mol. The molecule has 1 heterocycles. The topological polar surface area (TPSA) is 61.8 Å². The first-order chi connectivity index (χ1) is 12.9. The minimum Gasteiger partial charge on any atom is -0.352 e. The Morgan fingerprint density at radius 3 is 2.43 bits per heavy atom. The fourth-order valence-electron chi connectivity index (χ4n) is 4.09. The second kappa shape index (κ2) is 10.5. The Morgan fingerprint density at radius 2 is 1.82 bits per heavy atom. The number of nitrogens with one attached hydrogen (secondary N) is 1. The molecule has 28 heavy (non-hydrogen) atoms. The summed E-state index contributed by atoms with van der Waals surface area (Å²) >= 11 is 2.17. The molecule has 2 fully saturated rings. The van der Waals surface area contributed by atoms with Crippen LogP contribution >= 0.6 is 35.7 Å². The van der Waals surface area contributed by atoms with Gasteiger partial charge in [-0.15, -0.1) is 24.0 Å². The van der Waals surface area contributed by atoms with E-state index in [1.165, 1.54) is 44.1 Å². The van der Waals surface area contributed by atoms with Crippen LogP contribution in [0.5, 0.6) is 0 Å². The van der Waals surface area contributed by atoms with Crippen LogP contribution in [0.25, 0.3) is 0 Å². The molecule has 1 aromatic carbocycles. The molecule has 0 atom stereocenters. The molecule has 1 aromatic rings. The van der Waals surface area contributed by atoms with Crippen molar-refractivity contribution in [3.05, 3.63) is 35.4 Å². The van der Waals surface area contributed by atoms with Crippen molar-refractivity contribution >= 4 is 51.5 Å². The van der Waals surface area contributed by atoms with Crippen molar-refractivity contribution in [1.82, 2.24) is 10.2 Å². The highest BCUT2D eigenvalue weighted by atomic mass is 127. The Morgan fingerprint density at radius 1 is 1.18 bits per heavy atom. The summed E-state index contributed by atoms with van der Waals surface area (Å²) in [5, 5.41) is 3.49. The lowest BCUT2D eigenvalue weighted by atomic mass is 9.87. The molecule has 0 radical (unpaired) electrons. The maximum Gasteiger partial charge on any atom is 0.193 e.